The molecule has 0 saturated carbocycles. The zero-order valence-corrected chi connectivity index (χ0v) is 8.91. The molecule has 0 heterocycles. The van der Waals surface area contributed by atoms with E-state index in [9.17, 15) is 9.36 Å². The average Bonchev–Trinajstić information content (AvgIpc) is 1.84. The fourth-order valence-electron chi connectivity index (χ4n) is 0. The molecule has 0 aromatic carbocycles. The summed E-state index contributed by atoms with van der Waals surface area (Å²) in [5.74, 6) is -0.481. The fourth-order valence-corrected chi connectivity index (χ4v) is 0. The standard InChI is InChI=1S/C4H11O3P.C3H5NO/c1-4(2,3)8(5,6)7;1-2-3(4)5/h1-3H3,(H2,5,6,7);2H,1H2,(H2,4,5). The maximum Gasteiger partial charge on any atom is 0.330 e. The summed E-state index contributed by atoms with van der Waals surface area (Å²) in [5.41, 5.74) is 4.53. The Labute approximate surface area is 77.8 Å². The first-order chi connectivity index (χ1) is 5.52. The molecular weight excluding hydrogens is 193 g/mol. The van der Waals surface area contributed by atoms with E-state index in [0.717, 1.165) is 6.08 Å². The molecular formula is C7H16NO4P. The third-order valence-electron chi connectivity index (χ3n) is 1.08. The lowest BCUT2D eigenvalue weighted by Gasteiger charge is -2.18. The van der Waals surface area contributed by atoms with Crippen molar-refractivity contribution in [1.29, 1.82) is 0 Å². The molecule has 0 atom stereocenters. The Kier molecular flexibility index (Phi) is 5.91. The molecule has 0 aromatic rings. The van der Waals surface area contributed by atoms with Gasteiger partial charge in [-0.2, -0.15) is 0 Å². The van der Waals surface area contributed by atoms with Crippen LogP contribution < -0.4 is 5.73 Å². The van der Waals surface area contributed by atoms with Gasteiger partial charge in [-0.15, -0.1) is 0 Å². The average molecular weight is 209 g/mol. The molecule has 0 bridgehead atoms. The third kappa shape index (κ3) is 9.27. The maximum atomic E-state index is 10.3. The second-order valence-corrected chi connectivity index (χ2v) is 5.75. The van der Waals surface area contributed by atoms with E-state index in [1.807, 2.05) is 0 Å². The van der Waals surface area contributed by atoms with Crippen LogP contribution in [0.3, 0.4) is 0 Å². The molecule has 6 heteroatoms. The van der Waals surface area contributed by atoms with Crippen molar-refractivity contribution in [3.8, 4) is 0 Å². The highest BCUT2D eigenvalue weighted by atomic mass is 31.2. The van der Waals surface area contributed by atoms with Crippen molar-refractivity contribution in [2.24, 2.45) is 5.73 Å². The van der Waals surface area contributed by atoms with E-state index < -0.39 is 18.7 Å². The predicted octanol–water partition coefficient (Wildman–Crippen LogP) is 0.620. The molecule has 0 fully saturated rings. The number of primary amides is 1. The van der Waals surface area contributed by atoms with Crippen molar-refractivity contribution >= 4 is 13.5 Å². The zero-order valence-electron chi connectivity index (χ0n) is 8.02. The highest BCUT2D eigenvalue weighted by Gasteiger charge is 2.31. The van der Waals surface area contributed by atoms with E-state index in [0.29, 0.717) is 0 Å². The van der Waals surface area contributed by atoms with E-state index >= 15 is 0 Å². The first kappa shape index (κ1) is 14.9. The Balaban J connectivity index is 0. The van der Waals surface area contributed by atoms with Crippen molar-refractivity contribution in [2.75, 3.05) is 0 Å². The molecule has 5 nitrogen and oxygen atoms in total. The Morgan fingerprint density at radius 2 is 1.62 bits per heavy atom. The maximum absolute atomic E-state index is 10.3. The number of hydrogen-bond donors (Lipinski definition) is 3. The minimum atomic E-state index is -3.85. The van der Waals surface area contributed by atoms with Gasteiger partial charge < -0.3 is 15.5 Å². The summed E-state index contributed by atoms with van der Waals surface area (Å²) in [6.07, 6.45) is 1.06. The van der Waals surface area contributed by atoms with Crippen LogP contribution in [-0.2, 0) is 9.36 Å². The van der Waals surface area contributed by atoms with E-state index in [2.05, 4.69) is 12.3 Å². The van der Waals surface area contributed by atoms with Crippen LogP contribution in [0.4, 0.5) is 0 Å². The van der Waals surface area contributed by atoms with Gasteiger partial charge in [0, 0.05) is 0 Å². The number of amides is 1. The Morgan fingerprint density at radius 1 is 1.46 bits per heavy atom. The van der Waals surface area contributed by atoms with Gasteiger partial charge in [0.25, 0.3) is 0 Å². The van der Waals surface area contributed by atoms with Gasteiger partial charge >= 0.3 is 7.60 Å². The summed E-state index contributed by atoms with van der Waals surface area (Å²) in [6, 6.07) is 0. The lowest BCUT2D eigenvalue weighted by atomic mass is 10.3. The summed E-state index contributed by atoms with van der Waals surface area (Å²) in [4.78, 5) is 26.4. The van der Waals surface area contributed by atoms with Crippen molar-refractivity contribution in [2.45, 2.75) is 25.9 Å². The lowest BCUT2D eigenvalue weighted by molar-refractivity contribution is -0.113. The van der Waals surface area contributed by atoms with Crippen LogP contribution in [0.2, 0.25) is 0 Å². The lowest BCUT2D eigenvalue weighted by Crippen LogP contribution is -2.13. The molecule has 0 aromatic heterocycles. The molecule has 1 amide bonds. The molecule has 4 N–H and O–H groups in total. The molecule has 0 aliphatic rings. The molecule has 0 unspecified atom stereocenters. The first-order valence-corrected chi connectivity index (χ1v) is 5.11. The Bertz CT molecular complexity index is 225. The van der Waals surface area contributed by atoms with Gasteiger partial charge in [-0.05, 0) is 26.8 Å². The second-order valence-electron chi connectivity index (χ2n) is 3.32. The molecule has 0 spiro atoms. The monoisotopic (exact) mass is 209 g/mol. The summed E-state index contributed by atoms with van der Waals surface area (Å²) in [7, 11) is -3.85. The molecule has 0 rings (SSSR count). The van der Waals surface area contributed by atoms with Gasteiger partial charge in [0.15, 0.2) is 0 Å². The summed E-state index contributed by atoms with van der Waals surface area (Å²) in [6.45, 7) is 7.61. The number of nitrogens with two attached hydrogens (primary N) is 1. The van der Waals surface area contributed by atoms with Crippen LogP contribution in [0.5, 0.6) is 0 Å². The fraction of sp³-hybridized carbons (Fsp3) is 0.571. The summed E-state index contributed by atoms with van der Waals surface area (Å²) in [5, 5.41) is -0.896. The quantitative estimate of drug-likeness (QED) is 0.435. The van der Waals surface area contributed by atoms with Gasteiger partial charge in [-0.1, -0.05) is 6.58 Å². The minimum absolute atomic E-state index is 0.481. The molecule has 0 aliphatic carbocycles. The normalized spacial score (nSPS) is 11.2. The van der Waals surface area contributed by atoms with Crippen molar-refractivity contribution in [1.82, 2.24) is 0 Å². The molecule has 13 heavy (non-hydrogen) atoms. The van der Waals surface area contributed by atoms with Gasteiger partial charge in [0.1, 0.15) is 0 Å². The minimum Gasteiger partial charge on any atom is -0.366 e. The second kappa shape index (κ2) is 5.17. The van der Waals surface area contributed by atoms with Gasteiger partial charge in [0.2, 0.25) is 5.91 Å². The summed E-state index contributed by atoms with van der Waals surface area (Å²) >= 11 is 0. The predicted molar refractivity (Wildman–Crippen MR) is 51.2 cm³/mol. The van der Waals surface area contributed by atoms with Crippen LogP contribution >= 0.6 is 7.60 Å². The highest BCUT2D eigenvalue weighted by molar-refractivity contribution is 7.53. The third-order valence-corrected chi connectivity index (χ3v) is 2.82. The smallest absolute Gasteiger partial charge is 0.330 e. The van der Waals surface area contributed by atoms with Crippen molar-refractivity contribution in [3.63, 3.8) is 0 Å². The van der Waals surface area contributed by atoms with Gasteiger partial charge in [-0.25, -0.2) is 0 Å². The Hall–Kier alpha value is -0.640. The van der Waals surface area contributed by atoms with E-state index in [4.69, 9.17) is 9.79 Å². The van der Waals surface area contributed by atoms with Gasteiger partial charge in [-0.3, -0.25) is 9.36 Å². The molecule has 78 valence electrons. The largest absolute Gasteiger partial charge is 0.366 e. The highest BCUT2D eigenvalue weighted by Crippen LogP contribution is 2.49. The van der Waals surface area contributed by atoms with Crippen LogP contribution in [-0.4, -0.2) is 20.9 Å². The number of hydrogen-bond acceptors (Lipinski definition) is 2. The van der Waals surface area contributed by atoms with Crippen molar-refractivity contribution < 1.29 is 19.1 Å². The zero-order chi connectivity index (χ0) is 11.3. The summed E-state index contributed by atoms with van der Waals surface area (Å²) < 4.78 is 10.3. The molecule has 0 saturated heterocycles. The van der Waals surface area contributed by atoms with E-state index in [-0.39, 0.29) is 0 Å². The topological polar surface area (TPSA) is 101 Å². The van der Waals surface area contributed by atoms with Crippen LogP contribution in [0, 0.1) is 0 Å². The van der Waals surface area contributed by atoms with Crippen molar-refractivity contribution in [3.05, 3.63) is 12.7 Å². The van der Waals surface area contributed by atoms with E-state index in [1.54, 1.807) is 0 Å². The molecule has 0 radical (unpaired) electrons. The number of rotatable bonds is 1. The Morgan fingerprint density at radius 3 is 1.62 bits per heavy atom. The number of carbonyl (C=O) groups is 1. The van der Waals surface area contributed by atoms with Crippen LogP contribution in [0.15, 0.2) is 12.7 Å². The number of carbonyl (C=O) groups excluding carboxylic acids is 1. The van der Waals surface area contributed by atoms with E-state index in [1.165, 1.54) is 20.8 Å². The SMILES string of the molecule is C=CC(N)=O.CC(C)(C)P(=O)(O)O. The first-order valence-electron chi connectivity index (χ1n) is 3.50. The van der Waals surface area contributed by atoms with Crippen LogP contribution in [0.1, 0.15) is 20.8 Å². The molecule has 0 aliphatic heterocycles. The van der Waals surface area contributed by atoms with Crippen LogP contribution in [0.25, 0.3) is 0 Å². The van der Waals surface area contributed by atoms with Gasteiger partial charge in [0.05, 0.1) is 5.16 Å².